The zero-order valence-corrected chi connectivity index (χ0v) is 17.2. The summed E-state index contributed by atoms with van der Waals surface area (Å²) in [4.78, 5) is 28.9. The third kappa shape index (κ3) is 4.80. The van der Waals surface area contributed by atoms with Crippen molar-refractivity contribution in [3.8, 4) is 11.1 Å². The van der Waals surface area contributed by atoms with E-state index in [0.29, 0.717) is 5.82 Å². The predicted molar refractivity (Wildman–Crippen MR) is 119 cm³/mol. The number of benzene rings is 3. The van der Waals surface area contributed by atoms with Gasteiger partial charge in [-0.25, -0.2) is 4.98 Å². The molecule has 0 bridgehead atoms. The lowest BCUT2D eigenvalue weighted by Crippen LogP contribution is -2.27. The second-order valence-electron chi connectivity index (χ2n) is 7.20. The normalized spacial score (nSPS) is 10.7. The Morgan fingerprint density at radius 1 is 0.903 bits per heavy atom. The number of esters is 1. The Morgan fingerprint density at radius 3 is 2.32 bits per heavy atom. The van der Waals surface area contributed by atoms with E-state index in [4.69, 9.17) is 4.74 Å². The number of carbonyl (C=O) groups is 2. The van der Waals surface area contributed by atoms with Crippen molar-refractivity contribution in [2.45, 2.75) is 19.5 Å². The van der Waals surface area contributed by atoms with E-state index >= 15 is 0 Å². The largest absolute Gasteiger partial charge is 0.468 e. The fourth-order valence-corrected chi connectivity index (χ4v) is 3.50. The molecule has 6 heteroatoms. The number of carbonyl (C=O) groups excluding carboxylic acids is 2. The molecule has 0 unspecified atom stereocenters. The van der Waals surface area contributed by atoms with Crippen LogP contribution in [0.25, 0.3) is 22.2 Å². The third-order valence-corrected chi connectivity index (χ3v) is 5.12. The van der Waals surface area contributed by atoms with Crippen molar-refractivity contribution in [2.75, 3.05) is 7.11 Å². The maximum Gasteiger partial charge on any atom is 0.325 e. The lowest BCUT2D eigenvalue weighted by molar-refractivity contribution is -0.141. The molecule has 1 heterocycles. The Labute approximate surface area is 180 Å². The maximum atomic E-state index is 12.5. The molecule has 0 atom stereocenters. The molecule has 1 aromatic heterocycles. The number of aromatic nitrogens is 2. The molecule has 1 amide bonds. The van der Waals surface area contributed by atoms with Gasteiger partial charge in [0.15, 0.2) is 0 Å². The van der Waals surface area contributed by atoms with Gasteiger partial charge >= 0.3 is 5.97 Å². The fraction of sp³-hybridized carbons (Fsp3) is 0.160. The van der Waals surface area contributed by atoms with Gasteiger partial charge in [0.1, 0.15) is 12.4 Å². The van der Waals surface area contributed by atoms with E-state index in [1.165, 1.54) is 7.11 Å². The summed E-state index contributed by atoms with van der Waals surface area (Å²) in [6.45, 7) is 0.274. The van der Waals surface area contributed by atoms with Crippen molar-refractivity contribution < 1.29 is 14.3 Å². The van der Waals surface area contributed by atoms with Crippen LogP contribution < -0.4 is 5.32 Å². The molecule has 0 aliphatic heterocycles. The topological polar surface area (TPSA) is 73.2 Å². The average molecular weight is 413 g/mol. The van der Waals surface area contributed by atoms with Gasteiger partial charge in [-0.2, -0.15) is 0 Å². The highest BCUT2D eigenvalue weighted by Crippen LogP contribution is 2.19. The summed E-state index contributed by atoms with van der Waals surface area (Å²) in [5.41, 5.74) is 4.78. The van der Waals surface area contributed by atoms with Gasteiger partial charge in [-0.15, -0.1) is 0 Å². The molecule has 0 radical (unpaired) electrons. The van der Waals surface area contributed by atoms with E-state index in [1.54, 1.807) is 4.57 Å². The number of imidazole rings is 1. The molecule has 0 spiro atoms. The standard InChI is InChI=1S/C25H23N3O3/c1-31-25(30)17-28-22-10-6-5-9-21(22)27-23(28)16-26-24(29)15-18-11-13-20(14-12-18)19-7-3-2-4-8-19/h2-14H,15-17H2,1H3,(H,26,29). The molecule has 4 aromatic rings. The van der Waals surface area contributed by atoms with Crippen LogP contribution in [0.15, 0.2) is 78.9 Å². The molecule has 0 saturated carbocycles. The minimum absolute atomic E-state index is 0.0448. The Morgan fingerprint density at radius 2 is 1.58 bits per heavy atom. The highest BCUT2D eigenvalue weighted by Gasteiger charge is 2.14. The first-order valence-corrected chi connectivity index (χ1v) is 10.1. The zero-order valence-electron chi connectivity index (χ0n) is 17.2. The van der Waals surface area contributed by atoms with Crippen LogP contribution in [0.4, 0.5) is 0 Å². The van der Waals surface area contributed by atoms with Crippen molar-refractivity contribution in [2.24, 2.45) is 0 Å². The molecule has 0 saturated heterocycles. The summed E-state index contributed by atoms with van der Waals surface area (Å²) in [6, 6.07) is 25.6. The fourth-order valence-electron chi connectivity index (χ4n) is 3.50. The maximum absolute atomic E-state index is 12.5. The van der Waals surface area contributed by atoms with Crippen LogP contribution in [0, 0.1) is 0 Å². The number of hydrogen-bond donors (Lipinski definition) is 1. The molecule has 4 rings (SSSR count). The van der Waals surface area contributed by atoms with E-state index in [0.717, 1.165) is 27.7 Å². The van der Waals surface area contributed by atoms with Crippen molar-refractivity contribution >= 4 is 22.9 Å². The van der Waals surface area contributed by atoms with E-state index in [9.17, 15) is 9.59 Å². The molecule has 156 valence electrons. The summed E-state index contributed by atoms with van der Waals surface area (Å²) in [7, 11) is 1.35. The summed E-state index contributed by atoms with van der Waals surface area (Å²) in [5, 5.41) is 2.91. The first kappa shape index (κ1) is 20.3. The minimum Gasteiger partial charge on any atom is -0.468 e. The first-order chi connectivity index (χ1) is 15.1. The highest BCUT2D eigenvalue weighted by atomic mass is 16.5. The van der Waals surface area contributed by atoms with Crippen LogP contribution in [-0.4, -0.2) is 28.5 Å². The minimum atomic E-state index is -0.366. The number of hydrogen-bond acceptors (Lipinski definition) is 4. The first-order valence-electron chi connectivity index (χ1n) is 10.1. The van der Waals surface area contributed by atoms with Gasteiger partial charge in [0, 0.05) is 0 Å². The number of amides is 1. The number of nitrogens with one attached hydrogen (secondary N) is 1. The number of ether oxygens (including phenoxy) is 1. The SMILES string of the molecule is COC(=O)Cn1c(CNC(=O)Cc2ccc(-c3ccccc3)cc2)nc2ccccc21. The van der Waals surface area contributed by atoms with Crippen LogP contribution in [-0.2, 0) is 33.8 Å². The third-order valence-electron chi connectivity index (χ3n) is 5.12. The van der Waals surface area contributed by atoms with Crippen molar-refractivity contribution in [1.29, 1.82) is 0 Å². The smallest absolute Gasteiger partial charge is 0.325 e. The number of fused-ring (bicyclic) bond motifs is 1. The summed E-state index contributed by atoms with van der Waals surface area (Å²) >= 11 is 0. The van der Waals surface area contributed by atoms with E-state index in [-0.39, 0.29) is 31.4 Å². The summed E-state index contributed by atoms with van der Waals surface area (Å²) in [6.07, 6.45) is 0.270. The zero-order chi connectivity index (χ0) is 21.6. The number of nitrogens with zero attached hydrogens (tertiary/aromatic N) is 2. The van der Waals surface area contributed by atoms with Gasteiger partial charge in [0.05, 0.1) is 31.1 Å². The van der Waals surface area contributed by atoms with E-state index in [2.05, 4.69) is 22.4 Å². The van der Waals surface area contributed by atoms with Crippen molar-refractivity contribution in [1.82, 2.24) is 14.9 Å². The highest BCUT2D eigenvalue weighted by molar-refractivity contribution is 5.80. The van der Waals surface area contributed by atoms with Crippen LogP contribution in [0.1, 0.15) is 11.4 Å². The second kappa shape index (κ2) is 9.26. The molecular formula is C25H23N3O3. The van der Waals surface area contributed by atoms with Crippen LogP contribution in [0.2, 0.25) is 0 Å². The average Bonchev–Trinajstić information content (AvgIpc) is 3.16. The number of rotatable bonds is 7. The van der Waals surface area contributed by atoms with Crippen molar-refractivity contribution in [3.05, 3.63) is 90.3 Å². The lowest BCUT2D eigenvalue weighted by Gasteiger charge is -2.09. The number of methoxy groups -OCH3 is 1. The molecule has 0 aliphatic carbocycles. The van der Waals surface area contributed by atoms with Crippen LogP contribution >= 0.6 is 0 Å². The Kier molecular flexibility index (Phi) is 6.08. The van der Waals surface area contributed by atoms with Gasteiger partial charge in [-0.3, -0.25) is 9.59 Å². The number of para-hydroxylation sites is 2. The quantitative estimate of drug-likeness (QED) is 0.469. The van der Waals surface area contributed by atoms with E-state index < -0.39 is 0 Å². The Balaban J connectivity index is 1.42. The summed E-state index contributed by atoms with van der Waals surface area (Å²) < 4.78 is 6.57. The van der Waals surface area contributed by atoms with Gasteiger partial charge in [-0.1, -0.05) is 66.7 Å². The predicted octanol–water partition coefficient (Wildman–Crippen LogP) is 3.74. The van der Waals surface area contributed by atoms with Gasteiger partial charge < -0.3 is 14.6 Å². The van der Waals surface area contributed by atoms with Gasteiger partial charge in [0.25, 0.3) is 0 Å². The molecule has 0 aliphatic rings. The van der Waals surface area contributed by atoms with Gasteiger partial charge in [0.2, 0.25) is 5.91 Å². The monoisotopic (exact) mass is 413 g/mol. The molecule has 6 nitrogen and oxygen atoms in total. The molecular weight excluding hydrogens is 390 g/mol. The Bertz CT molecular complexity index is 1200. The lowest BCUT2D eigenvalue weighted by atomic mass is 10.0. The van der Waals surface area contributed by atoms with Gasteiger partial charge in [-0.05, 0) is 28.8 Å². The van der Waals surface area contributed by atoms with Crippen LogP contribution in [0.3, 0.4) is 0 Å². The second-order valence-corrected chi connectivity index (χ2v) is 7.20. The molecule has 0 fully saturated rings. The van der Waals surface area contributed by atoms with Crippen molar-refractivity contribution in [3.63, 3.8) is 0 Å². The molecule has 31 heavy (non-hydrogen) atoms. The van der Waals surface area contributed by atoms with E-state index in [1.807, 2.05) is 66.7 Å². The molecule has 1 N–H and O–H groups in total. The Hall–Kier alpha value is -3.93. The van der Waals surface area contributed by atoms with Crippen LogP contribution in [0.5, 0.6) is 0 Å². The summed E-state index contributed by atoms with van der Waals surface area (Å²) in [5.74, 6) is 0.137. The molecule has 3 aromatic carbocycles.